The second-order valence-corrected chi connectivity index (χ2v) is 11.6. The van der Waals surface area contributed by atoms with Crippen LogP contribution in [0, 0.1) is 28.6 Å². The van der Waals surface area contributed by atoms with Gasteiger partial charge in [0.15, 0.2) is 0 Å². The Hall–Kier alpha value is -1.22. The molecule has 1 N–H and O–H groups in total. The van der Waals surface area contributed by atoms with E-state index in [0.717, 1.165) is 51.0 Å². The Kier molecular flexibility index (Phi) is 4.08. The summed E-state index contributed by atoms with van der Waals surface area (Å²) in [6.07, 6.45) is 10.4. The van der Waals surface area contributed by atoms with Gasteiger partial charge in [-0.15, -0.1) is 0 Å². The number of halogens is 1. The lowest BCUT2D eigenvalue weighted by Gasteiger charge is -2.66. The summed E-state index contributed by atoms with van der Waals surface area (Å²) in [5.74, 6) is 2.46. The molecular weight excluding hydrogens is 361 g/mol. The summed E-state index contributed by atoms with van der Waals surface area (Å²) >= 11 is 0. The largest absolute Gasteiger partial charge is 0.313 e. The first-order valence-corrected chi connectivity index (χ1v) is 11.9. The second-order valence-electron chi connectivity index (χ2n) is 11.6. The zero-order valence-corrected chi connectivity index (χ0v) is 17.5. The lowest BCUT2D eigenvalue weighted by Crippen LogP contribution is -2.61. The number of hydrogen-bond donors (Lipinski definition) is 1. The summed E-state index contributed by atoms with van der Waals surface area (Å²) in [4.78, 5) is 13.9. The van der Waals surface area contributed by atoms with E-state index in [1.54, 1.807) is 0 Å². The fourth-order valence-corrected chi connectivity index (χ4v) is 9.20. The van der Waals surface area contributed by atoms with E-state index < -0.39 is 0 Å². The Labute approximate surface area is 174 Å². The highest BCUT2D eigenvalue weighted by Gasteiger charge is 2.65. The van der Waals surface area contributed by atoms with Crippen LogP contribution in [0.5, 0.6) is 0 Å². The molecule has 1 aromatic rings. The van der Waals surface area contributed by atoms with E-state index in [2.05, 4.69) is 35.6 Å². The molecule has 7 atom stereocenters. The van der Waals surface area contributed by atoms with Gasteiger partial charge >= 0.3 is 0 Å². The third-order valence-corrected chi connectivity index (χ3v) is 9.70. The van der Waals surface area contributed by atoms with Crippen molar-refractivity contribution in [2.24, 2.45) is 28.6 Å². The lowest BCUT2D eigenvalue weighted by molar-refractivity contribution is -0.163. The average Bonchev–Trinajstić information content (AvgIpc) is 3.31. The van der Waals surface area contributed by atoms with E-state index in [-0.39, 0.29) is 22.9 Å². The van der Waals surface area contributed by atoms with Crippen molar-refractivity contribution in [2.75, 3.05) is 13.2 Å². The van der Waals surface area contributed by atoms with Crippen LogP contribution in [0.3, 0.4) is 0 Å². The maximum absolute atomic E-state index is 13.9. The minimum atomic E-state index is -0.238. The molecule has 29 heavy (non-hydrogen) atoms. The molecule has 5 unspecified atom stereocenters. The van der Waals surface area contributed by atoms with Crippen molar-refractivity contribution >= 4 is 5.78 Å². The number of ketones is 1. The molecule has 0 amide bonds. The maximum Gasteiger partial charge on any atom is 0.139 e. The van der Waals surface area contributed by atoms with Gasteiger partial charge in [0.05, 0.1) is 6.67 Å². The van der Waals surface area contributed by atoms with Gasteiger partial charge in [0.2, 0.25) is 0 Å². The van der Waals surface area contributed by atoms with Gasteiger partial charge in [-0.3, -0.25) is 9.18 Å². The molecule has 1 aliphatic heterocycles. The number of carbonyl (C=O) groups excluding carboxylic acids is 1. The first-order chi connectivity index (χ1) is 14.0. The summed E-state index contributed by atoms with van der Waals surface area (Å²) in [6, 6.07) is 11.5. The van der Waals surface area contributed by atoms with Gasteiger partial charge < -0.3 is 5.32 Å². The number of rotatable bonds is 6. The molecule has 1 aromatic carbocycles. The van der Waals surface area contributed by atoms with Crippen molar-refractivity contribution in [3.63, 3.8) is 0 Å². The maximum atomic E-state index is 13.9. The van der Waals surface area contributed by atoms with Gasteiger partial charge in [0.1, 0.15) is 5.78 Å². The highest BCUT2D eigenvalue weighted by atomic mass is 19.1. The van der Waals surface area contributed by atoms with Gasteiger partial charge in [-0.2, -0.15) is 0 Å². The Balaban J connectivity index is 1.34. The zero-order valence-electron chi connectivity index (χ0n) is 17.5. The molecule has 0 spiro atoms. The summed E-state index contributed by atoms with van der Waals surface area (Å²) in [7, 11) is 0. The molecule has 0 radical (unpaired) electrons. The number of Topliss-reactive ketones (excluding diaryl/α,β-unsaturated/α-hetero) is 1. The van der Waals surface area contributed by atoms with E-state index in [1.165, 1.54) is 24.8 Å². The molecule has 1 heterocycles. The Bertz CT molecular complexity index is 810. The average molecular weight is 396 g/mol. The standard InChI is InChI=1S/C26H34FNO/c27-7-6-24-11-19-12-25(15-24,21-4-2-1-3-5-21)17-26(13-19,16-24)23(29)10-20-8-18-9-22(20)28-14-18/h1-5,18-20,22,28H,6-17H2/t18?,19?,20?,22?,24-,25-,26?/m1/s1. The van der Waals surface area contributed by atoms with Crippen molar-refractivity contribution in [2.45, 2.75) is 75.7 Å². The SMILES string of the molecule is O=C(CC1CC2CNC1C2)C12CC3C[C@@](CCF)(C1)C[C@](c1ccccc1)(C3)C2. The number of fused-ring (bicyclic) bond motifs is 2. The fourth-order valence-electron chi connectivity index (χ4n) is 9.20. The second kappa shape index (κ2) is 6.39. The van der Waals surface area contributed by atoms with E-state index in [4.69, 9.17) is 0 Å². The van der Waals surface area contributed by atoms with Crippen molar-refractivity contribution in [1.29, 1.82) is 0 Å². The number of carbonyl (C=O) groups is 1. The molecule has 2 nitrogen and oxygen atoms in total. The number of nitrogens with one attached hydrogen (secondary N) is 1. The molecule has 3 heteroatoms. The summed E-state index contributed by atoms with van der Waals surface area (Å²) in [5, 5.41) is 3.64. The van der Waals surface area contributed by atoms with Gasteiger partial charge in [-0.1, -0.05) is 30.3 Å². The Morgan fingerprint density at radius 2 is 1.90 bits per heavy atom. The smallest absolute Gasteiger partial charge is 0.139 e. The van der Waals surface area contributed by atoms with E-state index in [0.29, 0.717) is 30.1 Å². The van der Waals surface area contributed by atoms with E-state index >= 15 is 0 Å². The highest BCUT2D eigenvalue weighted by molar-refractivity contribution is 5.86. The minimum absolute atomic E-state index is 0.0482. The summed E-state index contributed by atoms with van der Waals surface area (Å²) in [5.41, 5.74) is 1.36. The topological polar surface area (TPSA) is 29.1 Å². The van der Waals surface area contributed by atoms with E-state index in [9.17, 15) is 9.18 Å². The highest BCUT2D eigenvalue weighted by Crippen LogP contribution is 2.71. The van der Waals surface area contributed by atoms with Crippen LogP contribution in [0.1, 0.15) is 69.8 Å². The zero-order chi connectivity index (χ0) is 19.7. The van der Waals surface area contributed by atoms with Crippen molar-refractivity contribution in [1.82, 2.24) is 5.32 Å². The quantitative estimate of drug-likeness (QED) is 0.716. The Morgan fingerprint density at radius 1 is 1.03 bits per heavy atom. The summed E-state index contributed by atoms with van der Waals surface area (Å²) in [6.45, 7) is 0.914. The van der Waals surface area contributed by atoms with Crippen LogP contribution in [-0.4, -0.2) is 25.0 Å². The summed E-state index contributed by atoms with van der Waals surface area (Å²) < 4.78 is 13.7. The van der Waals surface area contributed by atoms with Crippen molar-refractivity contribution in [3.8, 4) is 0 Å². The molecule has 6 bridgehead atoms. The van der Waals surface area contributed by atoms with Crippen LogP contribution in [0.4, 0.5) is 4.39 Å². The lowest BCUT2D eigenvalue weighted by atomic mass is 9.37. The van der Waals surface area contributed by atoms with Crippen LogP contribution in [0.2, 0.25) is 0 Å². The van der Waals surface area contributed by atoms with Crippen LogP contribution in [0.25, 0.3) is 0 Å². The number of piperidine rings is 1. The molecule has 156 valence electrons. The molecule has 0 aromatic heterocycles. The van der Waals surface area contributed by atoms with Gasteiger partial charge in [-0.05, 0) is 98.5 Å². The van der Waals surface area contributed by atoms with Gasteiger partial charge in [0, 0.05) is 17.9 Å². The molecule has 6 fully saturated rings. The van der Waals surface area contributed by atoms with Crippen molar-refractivity contribution in [3.05, 3.63) is 35.9 Å². The van der Waals surface area contributed by atoms with E-state index in [1.807, 2.05) is 0 Å². The minimum Gasteiger partial charge on any atom is -0.313 e. The van der Waals surface area contributed by atoms with Crippen LogP contribution in [0.15, 0.2) is 30.3 Å². The molecular formula is C26H34FNO. The molecule has 1 saturated heterocycles. The number of benzene rings is 1. The van der Waals surface area contributed by atoms with Crippen molar-refractivity contribution < 1.29 is 9.18 Å². The first kappa shape index (κ1) is 18.5. The van der Waals surface area contributed by atoms with Crippen LogP contribution >= 0.6 is 0 Å². The monoisotopic (exact) mass is 395 g/mol. The number of hydrogen-bond acceptors (Lipinski definition) is 2. The third kappa shape index (κ3) is 2.79. The van der Waals surface area contributed by atoms with Gasteiger partial charge in [0.25, 0.3) is 0 Å². The molecule has 5 aliphatic carbocycles. The number of alkyl halides is 1. The first-order valence-electron chi connectivity index (χ1n) is 11.9. The fraction of sp³-hybridized carbons (Fsp3) is 0.731. The van der Waals surface area contributed by atoms with Crippen LogP contribution in [-0.2, 0) is 10.2 Å². The predicted molar refractivity (Wildman–Crippen MR) is 112 cm³/mol. The molecule has 5 saturated carbocycles. The normalized spacial score (nSPS) is 47.1. The third-order valence-electron chi connectivity index (χ3n) is 9.70. The Morgan fingerprint density at radius 3 is 2.62 bits per heavy atom. The molecule has 6 aliphatic rings. The molecule has 7 rings (SSSR count). The predicted octanol–water partition coefficient (Wildman–Crippen LogP) is 5.21. The van der Waals surface area contributed by atoms with Gasteiger partial charge in [-0.25, -0.2) is 0 Å². The van der Waals surface area contributed by atoms with Crippen LogP contribution < -0.4 is 5.32 Å².